The molecule has 1 aromatic rings. The maximum atomic E-state index is 13.5. The number of benzene rings is 1. The van der Waals surface area contributed by atoms with E-state index in [1.807, 2.05) is 32.0 Å². The number of ether oxygens (including phenoxy) is 2. The second-order valence-corrected chi connectivity index (χ2v) is 9.51. The monoisotopic (exact) mass is 413 g/mol. The van der Waals surface area contributed by atoms with Gasteiger partial charge in [0, 0.05) is 7.11 Å². The zero-order chi connectivity index (χ0) is 21.2. The average molecular weight is 413 g/mol. The van der Waals surface area contributed by atoms with E-state index in [-0.39, 0.29) is 12.3 Å². The topological polar surface area (TPSA) is 73.9 Å². The van der Waals surface area contributed by atoms with Gasteiger partial charge in [0.15, 0.2) is 0 Å². The highest BCUT2D eigenvalue weighted by Gasteiger charge is 2.32. The average Bonchev–Trinajstić information content (AvgIpc) is 2.62. The molecule has 1 N–H and O–H groups in total. The summed E-state index contributed by atoms with van der Waals surface area (Å²) in [6.07, 6.45) is 3.41. The van der Waals surface area contributed by atoms with Crippen molar-refractivity contribution < 1.29 is 23.4 Å². The summed E-state index contributed by atoms with van der Waals surface area (Å²) in [5.41, 5.74) is 2.03. The number of rotatable bonds is 13. The summed E-state index contributed by atoms with van der Waals surface area (Å²) in [6, 6.07) is 5.22. The first-order chi connectivity index (χ1) is 13.3. The van der Waals surface area contributed by atoms with Crippen molar-refractivity contribution in [2.45, 2.75) is 66.3 Å². The standard InChI is InChI=1S/C21H36NO5P/c1-7-10-18-12-9-13-19(11-8-2)20(18)27-28(24,15-25-6)22-17(5)21(23)26-14-16(3)4/h9,12-13,16-17H,7-8,10-11,14-15H2,1-6H3,(H,22,24)/t17-,28?/m0/s1. The van der Waals surface area contributed by atoms with Crippen molar-refractivity contribution in [1.29, 1.82) is 0 Å². The van der Waals surface area contributed by atoms with E-state index >= 15 is 0 Å². The van der Waals surface area contributed by atoms with Crippen LogP contribution in [0.2, 0.25) is 0 Å². The molecule has 0 bridgehead atoms. The number of hydrogen-bond donors (Lipinski definition) is 1. The maximum Gasteiger partial charge on any atom is 0.342 e. The van der Waals surface area contributed by atoms with Crippen LogP contribution in [0.15, 0.2) is 18.2 Å². The minimum atomic E-state index is -3.47. The molecule has 0 radical (unpaired) electrons. The summed E-state index contributed by atoms with van der Waals surface area (Å²) in [4.78, 5) is 12.2. The second-order valence-electron chi connectivity index (χ2n) is 7.46. The normalized spacial score (nSPS) is 14.5. The fraction of sp³-hybridized carbons (Fsp3) is 0.667. The minimum Gasteiger partial charge on any atom is -0.464 e. The summed E-state index contributed by atoms with van der Waals surface area (Å²) >= 11 is 0. The predicted octanol–water partition coefficient (Wildman–Crippen LogP) is 4.94. The first kappa shape index (κ1) is 24.7. The van der Waals surface area contributed by atoms with E-state index in [1.54, 1.807) is 6.92 Å². The van der Waals surface area contributed by atoms with E-state index in [9.17, 15) is 9.36 Å². The lowest BCUT2D eigenvalue weighted by Crippen LogP contribution is -2.36. The number of nitrogens with one attached hydrogen (secondary N) is 1. The molecule has 2 atom stereocenters. The first-order valence-corrected chi connectivity index (χ1v) is 11.9. The molecule has 0 fully saturated rings. The lowest BCUT2D eigenvalue weighted by molar-refractivity contribution is -0.146. The first-order valence-electron chi connectivity index (χ1n) is 10.1. The van der Waals surface area contributed by atoms with Crippen molar-refractivity contribution in [2.75, 3.05) is 20.1 Å². The molecule has 0 spiro atoms. The number of methoxy groups -OCH3 is 1. The highest BCUT2D eigenvalue weighted by Crippen LogP contribution is 2.46. The van der Waals surface area contributed by atoms with Crippen LogP contribution in [0.3, 0.4) is 0 Å². The summed E-state index contributed by atoms with van der Waals surface area (Å²) < 4.78 is 30.0. The van der Waals surface area contributed by atoms with Gasteiger partial charge >= 0.3 is 13.5 Å². The highest BCUT2D eigenvalue weighted by atomic mass is 31.2. The summed E-state index contributed by atoms with van der Waals surface area (Å²) in [5, 5.41) is 2.84. The van der Waals surface area contributed by atoms with Gasteiger partial charge in [0.25, 0.3) is 0 Å². The molecule has 1 rings (SSSR count). The Hall–Kier alpha value is -1.36. The number of carbonyl (C=O) groups is 1. The van der Waals surface area contributed by atoms with Crippen LogP contribution in [0.5, 0.6) is 5.75 Å². The molecule has 0 heterocycles. The Labute approximate surface area is 169 Å². The van der Waals surface area contributed by atoms with Crippen LogP contribution in [0.1, 0.15) is 58.6 Å². The molecule has 7 heteroatoms. The fourth-order valence-electron chi connectivity index (χ4n) is 2.82. The molecule has 0 amide bonds. The molecule has 160 valence electrons. The van der Waals surface area contributed by atoms with Crippen molar-refractivity contribution in [3.8, 4) is 5.75 Å². The van der Waals surface area contributed by atoms with E-state index in [4.69, 9.17) is 14.0 Å². The van der Waals surface area contributed by atoms with E-state index in [1.165, 1.54) is 7.11 Å². The van der Waals surface area contributed by atoms with Crippen LogP contribution < -0.4 is 9.61 Å². The van der Waals surface area contributed by atoms with Crippen molar-refractivity contribution in [3.05, 3.63) is 29.3 Å². The van der Waals surface area contributed by atoms with Crippen molar-refractivity contribution >= 4 is 13.5 Å². The van der Waals surface area contributed by atoms with Crippen LogP contribution in [0.25, 0.3) is 0 Å². The van der Waals surface area contributed by atoms with Gasteiger partial charge in [-0.3, -0.25) is 9.36 Å². The molecule has 28 heavy (non-hydrogen) atoms. The van der Waals surface area contributed by atoms with Gasteiger partial charge in [0.2, 0.25) is 0 Å². The largest absolute Gasteiger partial charge is 0.464 e. The molecule has 0 aromatic heterocycles. The van der Waals surface area contributed by atoms with Gasteiger partial charge < -0.3 is 14.0 Å². The van der Waals surface area contributed by atoms with Gasteiger partial charge in [-0.2, -0.15) is 0 Å². The van der Waals surface area contributed by atoms with E-state index in [2.05, 4.69) is 18.9 Å². The molecule has 0 aliphatic carbocycles. The summed E-state index contributed by atoms with van der Waals surface area (Å²) in [7, 11) is -2.01. The Balaban J connectivity index is 3.08. The van der Waals surface area contributed by atoms with E-state index in [0.717, 1.165) is 36.8 Å². The smallest absolute Gasteiger partial charge is 0.342 e. The Morgan fingerprint density at radius 1 is 1.11 bits per heavy atom. The number of hydrogen-bond acceptors (Lipinski definition) is 5. The molecule has 0 aliphatic rings. The minimum absolute atomic E-state index is 0.138. The Morgan fingerprint density at radius 3 is 2.14 bits per heavy atom. The van der Waals surface area contributed by atoms with E-state index < -0.39 is 19.5 Å². The van der Waals surface area contributed by atoms with E-state index in [0.29, 0.717) is 12.4 Å². The SMILES string of the molecule is CCCc1cccc(CCC)c1OP(=O)(COC)N[C@@H](C)C(=O)OCC(C)C. The van der Waals surface area contributed by atoms with Crippen molar-refractivity contribution in [2.24, 2.45) is 5.92 Å². The van der Waals surface area contributed by atoms with Gasteiger partial charge in [-0.25, -0.2) is 5.09 Å². The lowest BCUT2D eigenvalue weighted by atomic mass is 10.0. The van der Waals surface area contributed by atoms with Gasteiger partial charge in [0.05, 0.1) is 6.61 Å². The molecule has 6 nitrogen and oxygen atoms in total. The third kappa shape index (κ3) is 7.94. The molecular formula is C21H36NO5P. The Kier molecular flexibility index (Phi) is 10.8. The molecule has 1 aromatic carbocycles. The van der Waals surface area contributed by atoms with Gasteiger partial charge in [0.1, 0.15) is 18.1 Å². The van der Waals surface area contributed by atoms with Crippen LogP contribution in [0, 0.1) is 5.92 Å². The van der Waals surface area contributed by atoms with Crippen LogP contribution in [0.4, 0.5) is 0 Å². The summed E-state index contributed by atoms with van der Waals surface area (Å²) in [5.74, 6) is 0.418. The second kappa shape index (κ2) is 12.3. The fourth-order valence-corrected chi connectivity index (χ4v) is 4.56. The quantitative estimate of drug-likeness (QED) is 0.365. The maximum absolute atomic E-state index is 13.5. The van der Waals surface area contributed by atoms with Gasteiger partial charge in [-0.15, -0.1) is 0 Å². The van der Waals surface area contributed by atoms with Crippen LogP contribution >= 0.6 is 7.52 Å². The molecule has 0 saturated carbocycles. The Morgan fingerprint density at radius 2 is 1.68 bits per heavy atom. The zero-order valence-electron chi connectivity index (χ0n) is 18.1. The number of para-hydroxylation sites is 1. The number of esters is 1. The third-order valence-electron chi connectivity index (χ3n) is 4.06. The molecule has 1 unspecified atom stereocenters. The predicted molar refractivity (Wildman–Crippen MR) is 113 cm³/mol. The summed E-state index contributed by atoms with van der Waals surface area (Å²) in [6.45, 7) is 10.1. The van der Waals surface area contributed by atoms with Crippen molar-refractivity contribution in [3.63, 3.8) is 0 Å². The Bertz CT molecular complexity index is 638. The zero-order valence-corrected chi connectivity index (χ0v) is 19.0. The lowest BCUT2D eigenvalue weighted by Gasteiger charge is -2.25. The van der Waals surface area contributed by atoms with Crippen LogP contribution in [-0.2, 0) is 31.7 Å². The highest BCUT2D eigenvalue weighted by molar-refractivity contribution is 7.57. The molecular weight excluding hydrogens is 377 g/mol. The van der Waals surface area contributed by atoms with Crippen molar-refractivity contribution in [1.82, 2.24) is 5.09 Å². The third-order valence-corrected chi connectivity index (χ3v) is 5.91. The molecule has 0 saturated heterocycles. The van der Waals surface area contributed by atoms with Crippen LogP contribution in [-0.4, -0.2) is 32.1 Å². The van der Waals surface area contributed by atoms with Gasteiger partial charge in [-0.05, 0) is 36.8 Å². The van der Waals surface area contributed by atoms with Gasteiger partial charge in [-0.1, -0.05) is 58.7 Å². The molecule has 0 aliphatic heterocycles. The number of carbonyl (C=O) groups excluding carboxylic acids is 1. The number of aryl methyl sites for hydroxylation is 2.